The first-order chi connectivity index (χ1) is 16.5. The fourth-order valence-electron chi connectivity index (χ4n) is 4.49. The lowest BCUT2D eigenvalue weighted by molar-refractivity contribution is 0.0985. The Morgan fingerprint density at radius 1 is 1.18 bits per heavy atom. The Labute approximate surface area is 210 Å². The second kappa shape index (κ2) is 8.46. The van der Waals surface area contributed by atoms with Gasteiger partial charge in [-0.2, -0.15) is 0 Å². The van der Waals surface area contributed by atoms with E-state index in [1.807, 2.05) is 6.07 Å². The van der Waals surface area contributed by atoms with Crippen LogP contribution in [-0.4, -0.2) is 45.2 Å². The number of fused-ring (bicyclic) bond motifs is 4. The highest BCUT2D eigenvalue weighted by atomic mass is 35.5. The number of amides is 1. The minimum atomic E-state index is -0.223. The lowest BCUT2D eigenvalue weighted by atomic mass is 10.0. The molecular weight excluding hydrogens is 491 g/mol. The van der Waals surface area contributed by atoms with Crippen molar-refractivity contribution >= 4 is 69.1 Å². The van der Waals surface area contributed by atoms with Crippen LogP contribution in [0.3, 0.4) is 0 Å². The molecule has 6 rings (SSSR count). The molecule has 2 aromatic heterocycles. The molecule has 0 spiro atoms. The lowest BCUT2D eigenvalue weighted by Gasteiger charge is -2.28. The van der Waals surface area contributed by atoms with Gasteiger partial charge in [0.15, 0.2) is 0 Å². The Hall–Kier alpha value is -2.78. The number of halogens is 2. The van der Waals surface area contributed by atoms with E-state index in [1.165, 1.54) is 28.4 Å². The Morgan fingerprint density at radius 3 is 2.82 bits per heavy atom. The number of aromatic amines is 1. The van der Waals surface area contributed by atoms with E-state index >= 15 is 0 Å². The van der Waals surface area contributed by atoms with Gasteiger partial charge in [0.1, 0.15) is 5.03 Å². The molecule has 0 fully saturated rings. The van der Waals surface area contributed by atoms with Crippen LogP contribution in [0.4, 0.5) is 17.3 Å². The number of carbonyl (C=O) groups is 1. The van der Waals surface area contributed by atoms with Crippen LogP contribution in [0.1, 0.15) is 21.6 Å². The highest BCUT2D eigenvalue weighted by molar-refractivity contribution is 7.99. The first-order valence-electron chi connectivity index (χ1n) is 10.8. The molecule has 0 saturated carbocycles. The average Bonchev–Trinajstić information content (AvgIpc) is 3.17. The van der Waals surface area contributed by atoms with Gasteiger partial charge in [-0.3, -0.25) is 9.69 Å². The van der Waals surface area contributed by atoms with Gasteiger partial charge in [-0.25, -0.2) is 9.97 Å². The number of hydrogen-bond donors (Lipinski definition) is 2. The molecule has 0 unspecified atom stereocenters. The van der Waals surface area contributed by atoms with Crippen molar-refractivity contribution in [3.05, 3.63) is 69.5 Å². The van der Waals surface area contributed by atoms with E-state index in [-0.39, 0.29) is 5.91 Å². The summed E-state index contributed by atoms with van der Waals surface area (Å²) < 4.78 is 0. The summed E-state index contributed by atoms with van der Waals surface area (Å²) >= 11 is 14.1. The smallest absolute Gasteiger partial charge is 0.263 e. The van der Waals surface area contributed by atoms with Gasteiger partial charge in [0.2, 0.25) is 5.95 Å². The molecule has 10 heteroatoms. The van der Waals surface area contributed by atoms with E-state index in [4.69, 9.17) is 23.2 Å². The van der Waals surface area contributed by atoms with Crippen molar-refractivity contribution in [2.75, 3.05) is 29.7 Å². The molecular formula is C24H20Cl2N6OS. The van der Waals surface area contributed by atoms with Crippen LogP contribution < -0.4 is 10.2 Å². The molecule has 172 valence electrons. The van der Waals surface area contributed by atoms with Gasteiger partial charge in [0.25, 0.3) is 5.91 Å². The van der Waals surface area contributed by atoms with Crippen LogP contribution >= 0.6 is 35.0 Å². The van der Waals surface area contributed by atoms with Gasteiger partial charge in [-0.05, 0) is 36.9 Å². The molecule has 2 aromatic carbocycles. The number of anilines is 3. The van der Waals surface area contributed by atoms with Crippen LogP contribution in [0.5, 0.6) is 0 Å². The van der Waals surface area contributed by atoms with E-state index in [0.29, 0.717) is 38.1 Å². The first-order valence-corrected chi connectivity index (χ1v) is 12.6. The third-order valence-corrected chi connectivity index (χ3v) is 7.77. The van der Waals surface area contributed by atoms with Gasteiger partial charge in [0.05, 0.1) is 27.2 Å². The number of likely N-dealkylation sites (N-methyl/N-ethyl adjacent to an activating group) is 1. The molecule has 2 aliphatic rings. The summed E-state index contributed by atoms with van der Waals surface area (Å²) in [5, 5.41) is 6.01. The zero-order chi connectivity index (χ0) is 23.4. The van der Waals surface area contributed by atoms with Gasteiger partial charge in [-0.1, -0.05) is 47.1 Å². The standard InChI is InChI=1S/C24H20Cl2N6OS/c1-31-8-7-19-16(11-31)14-6-5-13(9-20(14)29-19)28-24-27-10-15-22(30-24)34-12-32(23(15)33)21-17(25)3-2-4-18(21)26/h2-6,9-10,29H,7-8,11-12H2,1H3,(H,27,28,30). The maximum absolute atomic E-state index is 13.1. The second-order valence-corrected chi connectivity index (χ2v) is 10.2. The predicted molar refractivity (Wildman–Crippen MR) is 138 cm³/mol. The van der Waals surface area contributed by atoms with Crippen LogP contribution in [0.15, 0.2) is 47.6 Å². The normalized spacial score (nSPS) is 16.0. The highest BCUT2D eigenvalue weighted by Crippen LogP contribution is 2.39. The number of thioether (sulfide) groups is 1. The maximum atomic E-state index is 13.1. The molecule has 4 aromatic rings. The van der Waals surface area contributed by atoms with Crippen molar-refractivity contribution in [2.24, 2.45) is 0 Å². The number of carbonyl (C=O) groups excluding carboxylic acids is 1. The number of H-pyrrole nitrogens is 1. The van der Waals surface area contributed by atoms with Gasteiger partial charge < -0.3 is 15.2 Å². The van der Waals surface area contributed by atoms with Crippen LogP contribution in [0.2, 0.25) is 10.0 Å². The van der Waals surface area contributed by atoms with E-state index in [9.17, 15) is 4.79 Å². The summed E-state index contributed by atoms with van der Waals surface area (Å²) in [6, 6.07) is 11.4. The molecule has 0 atom stereocenters. The van der Waals surface area contributed by atoms with E-state index in [0.717, 1.165) is 30.7 Å². The molecule has 0 saturated heterocycles. The van der Waals surface area contributed by atoms with Crippen molar-refractivity contribution in [3.8, 4) is 0 Å². The molecule has 0 radical (unpaired) electrons. The number of benzene rings is 2. The Morgan fingerprint density at radius 2 is 2.00 bits per heavy atom. The summed E-state index contributed by atoms with van der Waals surface area (Å²) in [6.07, 6.45) is 2.58. The SMILES string of the molecule is CN1CCc2[nH]c3cc(Nc4ncc5c(n4)SCN(c4c(Cl)cccc4Cl)C5=O)ccc3c2C1. The summed E-state index contributed by atoms with van der Waals surface area (Å²) in [5.41, 5.74) is 5.60. The number of aromatic nitrogens is 3. The zero-order valence-electron chi connectivity index (χ0n) is 18.2. The Balaban J connectivity index is 1.26. The number of para-hydroxylation sites is 1. The molecule has 34 heavy (non-hydrogen) atoms. The fourth-order valence-corrected chi connectivity index (χ4v) is 6.04. The lowest BCUT2D eigenvalue weighted by Crippen LogP contribution is -2.35. The maximum Gasteiger partial charge on any atom is 0.263 e. The average molecular weight is 511 g/mol. The fraction of sp³-hybridized carbons (Fsp3) is 0.208. The van der Waals surface area contributed by atoms with Gasteiger partial charge in [-0.15, -0.1) is 0 Å². The third-order valence-electron chi connectivity index (χ3n) is 6.19. The molecule has 1 amide bonds. The van der Waals surface area contributed by atoms with Crippen molar-refractivity contribution in [1.82, 2.24) is 19.9 Å². The molecule has 2 aliphatic heterocycles. The third kappa shape index (κ3) is 3.71. The van der Waals surface area contributed by atoms with Crippen molar-refractivity contribution in [1.29, 1.82) is 0 Å². The number of hydrogen-bond acceptors (Lipinski definition) is 6. The number of nitrogens with zero attached hydrogens (tertiary/aromatic N) is 4. The first kappa shape index (κ1) is 21.7. The van der Waals surface area contributed by atoms with Gasteiger partial charge in [0, 0.05) is 48.0 Å². The zero-order valence-corrected chi connectivity index (χ0v) is 20.6. The second-order valence-electron chi connectivity index (χ2n) is 8.44. The summed E-state index contributed by atoms with van der Waals surface area (Å²) in [4.78, 5) is 29.6. The monoisotopic (exact) mass is 510 g/mol. The largest absolute Gasteiger partial charge is 0.358 e. The predicted octanol–water partition coefficient (Wildman–Crippen LogP) is 5.71. The molecule has 2 N–H and O–H groups in total. The quantitative estimate of drug-likeness (QED) is 0.344. The van der Waals surface area contributed by atoms with Crippen molar-refractivity contribution in [2.45, 2.75) is 18.0 Å². The molecule has 7 nitrogen and oxygen atoms in total. The van der Waals surface area contributed by atoms with E-state index in [2.05, 4.69) is 44.3 Å². The topological polar surface area (TPSA) is 77.2 Å². The number of nitrogens with one attached hydrogen (secondary N) is 2. The van der Waals surface area contributed by atoms with Crippen LogP contribution in [-0.2, 0) is 13.0 Å². The Kier molecular flexibility index (Phi) is 5.41. The van der Waals surface area contributed by atoms with Crippen molar-refractivity contribution < 1.29 is 4.79 Å². The number of rotatable bonds is 3. The van der Waals surface area contributed by atoms with Gasteiger partial charge >= 0.3 is 0 Å². The van der Waals surface area contributed by atoms with E-state index in [1.54, 1.807) is 29.3 Å². The minimum Gasteiger partial charge on any atom is -0.358 e. The summed E-state index contributed by atoms with van der Waals surface area (Å²) in [6.45, 7) is 2.02. The van der Waals surface area contributed by atoms with Crippen LogP contribution in [0.25, 0.3) is 10.9 Å². The Bertz CT molecular complexity index is 1430. The molecule has 4 heterocycles. The summed E-state index contributed by atoms with van der Waals surface area (Å²) in [5.74, 6) is 0.581. The summed E-state index contributed by atoms with van der Waals surface area (Å²) in [7, 11) is 2.15. The highest BCUT2D eigenvalue weighted by Gasteiger charge is 2.30. The minimum absolute atomic E-state index is 0.223. The molecule has 0 aliphatic carbocycles. The molecule has 0 bridgehead atoms. The van der Waals surface area contributed by atoms with Crippen molar-refractivity contribution in [3.63, 3.8) is 0 Å². The van der Waals surface area contributed by atoms with Crippen LogP contribution in [0, 0.1) is 0 Å². The van der Waals surface area contributed by atoms with E-state index < -0.39 is 0 Å².